The molecule has 0 N–H and O–H groups in total. The number of anilines is 2. The van der Waals surface area contributed by atoms with E-state index >= 15 is 0 Å². The Hall–Kier alpha value is -2.18. The van der Waals surface area contributed by atoms with Gasteiger partial charge in [-0.15, -0.1) is 0 Å². The van der Waals surface area contributed by atoms with Gasteiger partial charge in [0.15, 0.2) is 0 Å². The molecule has 1 unspecified atom stereocenters. The molecule has 150 valence electrons. The van der Waals surface area contributed by atoms with E-state index in [0.717, 1.165) is 48.9 Å². The van der Waals surface area contributed by atoms with Gasteiger partial charge in [0.05, 0.1) is 19.4 Å². The van der Waals surface area contributed by atoms with E-state index < -0.39 is 0 Å². The minimum atomic E-state index is 0.0809. The molecule has 4 rings (SSSR count). The number of hydrogen-bond donors (Lipinski definition) is 0. The molecule has 1 fully saturated rings. The molecule has 2 aliphatic rings. The molecule has 0 amide bonds. The van der Waals surface area contributed by atoms with Crippen LogP contribution in [0.1, 0.15) is 42.1 Å². The predicted molar refractivity (Wildman–Crippen MR) is 111 cm³/mol. The zero-order chi connectivity index (χ0) is 19.8. The van der Waals surface area contributed by atoms with Crippen LogP contribution in [0.2, 0.25) is 0 Å². The summed E-state index contributed by atoms with van der Waals surface area (Å²) >= 11 is 0. The Kier molecular flexibility index (Phi) is 5.25. The zero-order valence-corrected chi connectivity index (χ0v) is 17.4. The minimum absolute atomic E-state index is 0.0809. The first-order valence-corrected chi connectivity index (χ1v) is 10.3. The zero-order valence-electron chi connectivity index (χ0n) is 17.4. The third kappa shape index (κ3) is 3.35. The van der Waals surface area contributed by atoms with Crippen LogP contribution < -0.4 is 10.5 Å². The lowest BCUT2D eigenvalue weighted by Crippen LogP contribution is -2.50. The molecule has 0 bridgehead atoms. The van der Waals surface area contributed by atoms with Crippen LogP contribution in [0.25, 0.3) is 0 Å². The highest BCUT2D eigenvalue weighted by Gasteiger charge is 2.30. The molecule has 1 aromatic carbocycles. The van der Waals surface area contributed by atoms with Crippen molar-refractivity contribution in [3.05, 3.63) is 50.9 Å². The number of rotatable bonds is 4. The van der Waals surface area contributed by atoms with Crippen molar-refractivity contribution in [3.8, 4) is 0 Å². The summed E-state index contributed by atoms with van der Waals surface area (Å²) in [6, 6.07) is 6.32. The van der Waals surface area contributed by atoms with Crippen LogP contribution in [0.4, 0.5) is 11.6 Å². The fourth-order valence-electron chi connectivity index (χ4n) is 4.34. The number of aromatic nitrogens is 2. The summed E-state index contributed by atoms with van der Waals surface area (Å²) in [7, 11) is 0. The second-order valence-electron chi connectivity index (χ2n) is 7.98. The maximum atomic E-state index is 13.2. The highest BCUT2D eigenvalue weighted by atomic mass is 16.5. The van der Waals surface area contributed by atoms with E-state index in [1.165, 1.54) is 11.1 Å². The van der Waals surface area contributed by atoms with Crippen molar-refractivity contribution in [1.82, 2.24) is 14.5 Å². The third-order valence-corrected chi connectivity index (χ3v) is 6.08. The number of fused-ring (bicyclic) bond motifs is 1. The Morgan fingerprint density at radius 2 is 2.04 bits per heavy atom. The van der Waals surface area contributed by atoms with E-state index in [-0.39, 0.29) is 11.7 Å². The van der Waals surface area contributed by atoms with Gasteiger partial charge in [-0.2, -0.15) is 0 Å². The Morgan fingerprint density at radius 3 is 2.75 bits per heavy atom. The summed E-state index contributed by atoms with van der Waals surface area (Å²) in [5, 5.41) is 0. The van der Waals surface area contributed by atoms with Gasteiger partial charge >= 0.3 is 0 Å². The molecule has 0 spiro atoms. The first-order valence-electron chi connectivity index (χ1n) is 10.3. The molecule has 6 nitrogen and oxygen atoms in total. The molecule has 0 aliphatic carbocycles. The van der Waals surface area contributed by atoms with Crippen LogP contribution in [0.5, 0.6) is 0 Å². The highest BCUT2D eigenvalue weighted by Crippen LogP contribution is 2.32. The van der Waals surface area contributed by atoms with Crippen LogP contribution in [0, 0.1) is 20.8 Å². The minimum Gasteiger partial charge on any atom is -0.377 e. The first kappa shape index (κ1) is 19.2. The summed E-state index contributed by atoms with van der Waals surface area (Å²) < 4.78 is 7.70. The van der Waals surface area contributed by atoms with Crippen LogP contribution in [0.3, 0.4) is 0 Å². The lowest BCUT2D eigenvalue weighted by Gasteiger charge is -2.39. The van der Waals surface area contributed by atoms with Gasteiger partial charge < -0.3 is 4.74 Å². The fraction of sp³-hybridized carbons (Fsp3) is 0.545. The number of hydrogen-bond acceptors (Lipinski definition) is 5. The van der Waals surface area contributed by atoms with Crippen molar-refractivity contribution < 1.29 is 4.74 Å². The second kappa shape index (κ2) is 7.68. The Balaban J connectivity index is 1.80. The van der Waals surface area contributed by atoms with Crippen LogP contribution >= 0.6 is 0 Å². The quantitative estimate of drug-likeness (QED) is 0.812. The molecule has 1 aromatic heterocycles. The fourth-order valence-corrected chi connectivity index (χ4v) is 4.34. The van der Waals surface area contributed by atoms with E-state index in [9.17, 15) is 4.79 Å². The smallest absolute Gasteiger partial charge is 0.259 e. The molecule has 1 saturated heterocycles. The van der Waals surface area contributed by atoms with Gasteiger partial charge in [-0.25, -0.2) is 4.98 Å². The molecule has 2 aliphatic heterocycles. The van der Waals surface area contributed by atoms with Crippen molar-refractivity contribution in [2.45, 2.75) is 59.7 Å². The summed E-state index contributed by atoms with van der Waals surface area (Å²) in [4.78, 5) is 22.6. The summed E-state index contributed by atoms with van der Waals surface area (Å²) in [6.07, 6.45) is 3.17. The van der Waals surface area contributed by atoms with Crippen LogP contribution in [-0.4, -0.2) is 40.4 Å². The van der Waals surface area contributed by atoms with Crippen LogP contribution in [0.15, 0.2) is 23.0 Å². The standard InChI is InChI=1S/C22H30N4O2/c1-5-19-17(4)23-22-25(20-10-6-8-15(2)16(20)3)13-24(14-26(22)21(19)27)12-18-9-7-11-28-18/h6,8,10,18H,5,7,9,11-14H2,1-4H3. The summed E-state index contributed by atoms with van der Waals surface area (Å²) in [6.45, 7) is 11.2. The van der Waals surface area contributed by atoms with Crippen molar-refractivity contribution in [1.29, 1.82) is 0 Å². The Bertz CT molecular complexity index is 931. The average molecular weight is 383 g/mol. The van der Waals surface area contributed by atoms with E-state index in [1.54, 1.807) is 0 Å². The molecular formula is C22H30N4O2. The number of nitrogens with zero attached hydrogens (tertiary/aromatic N) is 4. The van der Waals surface area contributed by atoms with Crippen LogP contribution in [-0.2, 0) is 17.8 Å². The van der Waals surface area contributed by atoms with E-state index in [0.29, 0.717) is 19.8 Å². The maximum absolute atomic E-state index is 13.2. The van der Waals surface area contributed by atoms with Crippen molar-refractivity contribution >= 4 is 11.6 Å². The SMILES string of the molecule is CCc1c(C)nc2n(c1=O)CN(CC1CCCO1)CN2c1cccc(C)c1C. The molecule has 2 aromatic rings. The maximum Gasteiger partial charge on any atom is 0.259 e. The Morgan fingerprint density at radius 1 is 1.21 bits per heavy atom. The lowest BCUT2D eigenvalue weighted by atomic mass is 10.1. The van der Waals surface area contributed by atoms with E-state index in [2.05, 4.69) is 41.8 Å². The van der Waals surface area contributed by atoms with Gasteiger partial charge in [-0.3, -0.25) is 19.2 Å². The van der Waals surface area contributed by atoms with Gasteiger partial charge in [0.1, 0.15) is 0 Å². The average Bonchev–Trinajstić information content (AvgIpc) is 3.18. The highest BCUT2D eigenvalue weighted by molar-refractivity contribution is 5.64. The largest absolute Gasteiger partial charge is 0.377 e. The summed E-state index contributed by atoms with van der Waals surface area (Å²) in [5.74, 6) is 0.747. The molecule has 3 heterocycles. The lowest BCUT2D eigenvalue weighted by molar-refractivity contribution is 0.0584. The molecule has 0 saturated carbocycles. The van der Waals surface area contributed by atoms with Gasteiger partial charge in [-0.1, -0.05) is 19.1 Å². The third-order valence-electron chi connectivity index (χ3n) is 6.08. The summed E-state index contributed by atoms with van der Waals surface area (Å²) in [5.41, 5.74) is 5.30. The van der Waals surface area contributed by atoms with Gasteiger partial charge in [0.25, 0.3) is 5.56 Å². The van der Waals surface area contributed by atoms with Crippen molar-refractivity contribution in [2.75, 3.05) is 24.7 Å². The number of benzene rings is 1. The van der Waals surface area contributed by atoms with Gasteiger partial charge in [0.2, 0.25) is 5.95 Å². The number of ether oxygens (including phenoxy) is 1. The second-order valence-corrected chi connectivity index (χ2v) is 7.98. The van der Waals surface area contributed by atoms with Crippen molar-refractivity contribution in [2.24, 2.45) is 0 Å². The van der Waals surface area contributed by atoms with Gasteiger partial charge in [0, 0.05) is 30.1 Å². The van der Waals surface area contributed by atoms with Gasteiger partial charge in [-0.05, 0) is 57.2 Å². The normalized spacial score (nSPS) is 19.9. The topological polar surface area (TPSA) is 50.6 Å². The predicted octanol–water partition coefficient (Wildman–Crippen LogP) is 3.28. The van der Waals surface area contributed by atoms with Crippen molar-refractivity contribution in [3.63, 3.8) is 0 Å². The molecule has 28 heavy (non-hydrogen) atoms. The first-order chi connectivity index (χ1) is 13.5. The molecular weight excluding hydrogens is 352 g/mol. The van der Waals surface area contributed by atoms with E-state index in [4.69, 9.17) is 9.72 Å². The van der Waals surface area contributed by atoms with E-state index in [1.807, 2.05) is 18.4 Å². The number of aryl methyl sites for hydroxylation is 2. The molecule has 6 heteroatoms. The molecule has 1 atom stereocenters. The molecule has 0 radical (unpaired) electrons. The monoisotopic (exact) mass is 382 g/mol. The Labute approximate surface area is 166 Å².